The highest BCUT2D eigenvalue weighted by molar-refractivity contribution is 7.16. The van der Waals surface area contributed by atoms with E-state index < -0.39 is 0 Å². The minimum absolute atomic E-state index is 0.628. The molecule has 136 valence electrons. The summed E-state index contributed by atoms with van der Waals surface area (Å²) in [6, 6.07) is 20.3. The van der Waals surface area contributed by atoms with Crippen LogP contribution in [0.5, 0.6) is 0 Å². The normalized spacial score (nSPS) is 11.2. The van der Waals surface area contributed by atoms with Gasteiger partial charge in [-0.15, -0.1) is 11.3 Å². The van der Waals surface area contributed by atoms with Gasteiger partial charge in [-0.1, -0.05) is 18.2 Å². The highest BCUT2D eigenvalue weighted by Crippen LogP contribution is 2.32. The van der Waals surface area contributed by atoms with Gasteiger partial charge < -0.3 is 4.90 Å². The number of aryl methyl sites for hydroxylation is 1. The SMILES string of the molecule is Cc1cccc(-c2nc(N(C)c3ccc4ncsc4c3)c3ccccc3n2)n1. The lowest BCUT2D eigenvalue weighted by molar-refractivity contribution is 1.09. The van der Waals surface area contributed by atoms with Gasteiger partial charge in [-0.3, -0.25) is 0 Å². The average Bonchev–Trinajstić information content (AvgIpc) is 3.20. The molecule has 0 N–H and O–H groups in total. The zero-order valence-electron chi connectivity index (χ0n) is 15.5. The van der Waals surface area contributed by atoms with Crippen LogP contribution < -0.4 is 4.90 Å². The number of para-hydroxylation sites is 1. The van der Waals surface area contributed by atoms with E-state index >= 15 is 0 Å². The van der Waals surface area contributed by atoms with Crippen LogP contribution in [-0.4, -0.2) is 27.0 Å². The molecule has 5 aromatic rings. The number of benzene rings is 2. The van der Waals surface area contributed by atoms with Crippen molar-refractivity contribution in [3.63, 3.8) is 0 Å². The number of rotatable bonds is 3. The van der Waals surface area contributed by atoms with Gasteiger partial charge in [-0.25, -0.2) is 19.9 Å². The molecule has 0 fully saturated rings. The van der Waals surface area contributed by atoms with E-state index in [1.165, 1.54) is 0 Å². The van der Waals surface area contributed by atoms with E-state index in [0.29, 0.717) is 5.82 Å². The van der Waals surface area contributed by atoms with Crippen molar-refractivity contribution in [1.82, 2.24) is 19.9 Å². The maximum Gasteiger partial charge on any atom is 0.180 e. The van der Waals surface area contributed by atoms with E-state index in [9.17, 15) is 0 Å². The summed E-state index contributed by atoms with van der Waals surface area (Å²) < 4.78 is 1.16. The number of thiazole rings is 1. The maximum atomic E-state index is 4.90. The van der Waals surface area contributed by atoms with Gasteiger partial charge in [0.15, 0.2) is 5.82 Å². The van der Waals surface area contributed by atoms with E-state index in [1.807, 2.05) is 61.9 Å². The fourth-order valence-corrected chi connectivity index (χ4v) is 3.98. The number of nitrogens with zero attached hydrogens (tertiary/aromatic N) is 5. The quantitative estimate of drug-likeness (QED) is 0.419. The summed E-state index contributed by atoms with van der Waals surface area (Å²) in [5.41, 5.74) is 6.56. The molecule has 0 aliphatic heterocycles. The van der Waals surface area contributed by atoms with E-state index in [-0.39, 0.29) is 0 Å². The molecule has 0 bridgehead atoms. The second kappa shape index (κ2) is 6.65. The molecule has 3 aromatic heterocycles. The molecule has 0 aliphatic rings. The second-order valence-corrected chi connectivity index (χ2v) is 7.50. The standard InChI is InChI=1S/C22H17N5S/c1-14-6-5-9-19(24-14)21-25-17-8-4-3-7-16(17)22(26-21)27(2)15-10-11-18-20(12-15)28-13-23-18/h3-13H,1-2H3. The first-order valence-electron chi connectivity index (χ1n) is 8.97. The largest absolute Gasteiger partial charge is 0.329 e. The monoisotopic (exact) mass is 383 g/mol. The minimum atomic E-state index is 0.628. The van der Waals surface area contributed by atoms with E-state index in [1.54, 1.807) is 11.3 Å². The summed E-state index contributed by atoms with van der Waals surface area (Å²) in [4.78, 5) is 20.7. The lowest BCUT2D eigenvalue weighted by Gasteiger charge is -2.21. The zero-order chi connectivity index (χ0) is 19.1. The summed E-state index contributed by atoms with van der Waals surface area (Å²) in [5, 5.41) is 1.01. The van der Waals surface area contributed by atoms with Crippen molar-refractivity contribution in [2.45, 2.75) is 6.92 Å². The molecule has 3 heterocycles. The summed E-state index contributed by atoms with van der Waals surface area (Å²) >= 11 is 1.64. The highest BCUT2D eigenvalue weighted by Gasteiger charge is 2.15. The smallest absolute Gasteiger partial charge is 0.180 e. The average molecular weight is 383 g/mol. The first kappa shape index (κ1) is 16.8. The molecule has 0 amide bonds. The number of aromatic nitrogens is 4. The Balaban J connectivity index is 1.70. The molecular formula is C22H17N5S. The van der Waals surface area contributed by atoms with Crippen molar-refractivity contribution in [2.75, 3.05) is 11.9 Å². The third-order valence-electron chi connectivity index (χ3n) is 4.72. The number of hydrogen-bond acceptors (Lipinski definition) is 6. The van der Waals surface area contributed by atoms with Crippen LogP contribution in [0.15, 0.2) is 66.2 Å². The number of pyridine rings is 1. The van der Waals surface area contributed by atoms with Crippen molar-refractivity contribution in [3.8, 4) is 11.5 Å². The van der Waals surface area contributed by atoms with Crippen LogP contribution in [0.1, 0.15) is 5.69 Å². The fourth-order valence-electron chi connectivity index (χ4n) is 3.27. The van der Waals surface area contributed by atoms with Crippen LogP contribution >= 0.6 is 11.3 Å². The first-order chi connectivity index (χ1) is 13.7. The summed E-state index contributed by atoms with van der Waals surface area (Å²) in [7, 11) is 2.03. The summed E-state index contributed by atoms with van der Waals surface area (Å²) in [6.45, 7) is 1.97. The fraction of sp³-hybridized carbons (Fsp3) is 0.0909. The lowest BCUT2D eigenvalue weighted by Crippen LogP contribution is -2.13. The van der Waals surface area contributed by atoms with Crippen LogP contribution in [0.25, 0.3) is 32.6 Å². The van der Waals surface area contributed by atoms with E-state index in [2.05, 4.69) is 33.1 Å². The molecule has 5 rings (SSSR count). The lowest BCUT2D eigenvalue weighted by atomic mass is 10.2. The topological polar surface area (TPSA) is 54.8 Å². The van der Waals surface area contributed by atoms with Gasteiger partial charge in [0.25, 0.3) is 0 Å². The molecule has 0 saturated carbocycles. The molecular weight excluding hydrogens is 366 g/mol. The number of hydrogen-bond donors (Lipinski definition) is 0. The highest BCUT2D eigenvalue weighted by atomic mass is 32.1. The van der Waals surface area contributed by atoms with Crippen LogP contribution in [0.3, 0.4) is 0 Å². The Morgan fingerprint density at radius 3 is 2.64 bits per heavy atom. The summed E-state index contributed by atoms with van der Waals surface area (Å²) in [6.07, 6.45) is 0. The zero-order valence-corrected chi connectivity index (χ0v) is 16.3. The molecule has 0 spiro atoms. The van der Waals surface area contributed by atoms with Gasteiger partial charge in [0.1, 0.15) is 11.5 Å². The molecule has 0 radical (unpaired) electrons. The molecule has 5 nitrogen and oxygen atoms in total. The van der Waals surface area contributed by atoms with Crippen molar-refractivity contribution in [2.24, 2.45) is 0 Å². The number of fused-ring (bicyclic) bond motifs is 2. The van der Waals surface area contributed by atoms with Gasteiger partial charge in [0.05, 0.1) is 21.2 Å². The Bertz CT molecular complexity index is 1310. The Morgan fingerprint density at radius 1 is 0.857 bits per heavy atom. The summed E-state index contributed by atoms with van der Waals surface area (Å²) in [5.74, 6) is 1.48. The molecule has 28 heavy (non-hydrogen) atoms. The van der Waals surface area contributed by atoms with Crippen LogP contribution in [-0.2, 0) is 0 Å². The number of anilines is 2. The Morgan fingerprint density at radius 2 is 1.75 bits per heavy atom. The first-order valence-corrected chi connectivity index (χ1v) is 9.85. The third-order valence-corrected chi connectivity index (χ3v) is 5.51. The van der Waals surface area contributed by atoms with Crippen LogP contribution in [0, 0.1) is 6.92 Å². The molecule has 6 heteroatoms. The molecule has 0 atom stereocenters. The third kappa shape index (κ3) is 2.88. The minimum Gasteiger partial charge on any atom is -0.329 e. The van der Waals surface area contributed by atoms with E-state index in [0.717, 1.165) is 44.0 Å². The Hall–Kier alpha value is -3.38. The van der Waals surface area contributed by atoms with E-state index in [4.69, 9.17) is 9.97 Å². The predicted octanol–water partition coefficient (Wildman–Crippen LogP) is 5.38. The van der Waals surface area contributed by atoms with Gasteiger partial charge in [-0.05, 0) is 49.4 Å². The molecule has 0 unspecified atom stereocenters. The predicted molar refractivity (Wildman–Crippen MR) is 115 cm³/mol. The van der Waals surface area contributed by atoms with Crippen molar-refractivity contribution >= 4 is 44.0 Å². The molecule has 0 aliphatic carbocycles. The molecule has 0 saturated heterocycles. The maximum absolute atomic E-state index is 4.90. The van der Waals surface area contributed by atoms with Crippen LogP contribution in [0.2, 0.25) is 0 Å². The second-order valence-electron chi connectivity index (χ2n) is 6.62. The Kier molecular flexibility index (Phi) is 3.98. The van der Waals surface area contributed by atoms with Gasteiger partial charge in [-0.2, -0.15) is 0 Å². The Labute approximate surface area is 166 Å². The van der Waals surface area contributed by atoms with Gasteiger partial charge in [0, 0.05) is 23.8 Å². The van der Waals surface area contributed by atoms with Crippen molar-refractivity contribution in [3.05, 3.63) is 71.9 Å². The van der Waals surface area contributed by atoms with Crippen LogP contribution in [0.4, 0.5) is 11.5 Å². The van der Waals surface area contributed by atoms with Crippen molar-refractivity contribution in [1.29, 1.82) is 0 Å². The van der Waals surface area contributed by atoms with Gasteiger partial charge in [0.2, 0.25) is 0 Å². The van der Waals surface area contributed by atoms with Gasteiger partial charge >= 0.3 is 0 Å². The molecule has 2 aromatic carbocycles. The van der Waals surface area contributed by atoms with Crippen molar-refractivity contribution < 1.29 is 0 Å².